The van der Waals surface area contributed by atoms with E-state index in [9.17, 15) is 0 Å². The van der Waals surface area contributed by atoms with E-state index < -0.39 is 0 Å². The highest BCUT2D eigenvalue weighted by Gasteiger charge is 2.41. The summed E-state index contributed by atoms with van der Waals surface area (Å²) in [6, 6.07) is 1.44. The lowest BCUT2D eigenvalue weighted by Gasteiger charge is -2.48. The average molecular weight is 224 g/mol. The van der Waals surface area contributed by atoms with Crippen LogP contribution in [-0.4, -0.2) is 25.2 Å². The first-order valence-corrected chi connectivity index (χ1v) is 7.20. The number of fused-ring (bicyclic) bond motifs is 1. The third-order valence-electron chi connectivity index (χ3n) is 4.66. The fourth-order valence-electron chi connectivity index (χ4n) is 3.87. The largest absolute Gasteiger partial charge is 0.312 e. The van der Waals surface area contributed by atoms with Gasteiger partial charge in [0.2, 0.25) is 0 Å². The van der Waals surface area contributed by atoms with Crippen LogP contribution >= 0.6 is 0 Å². The van der Waals surface area contributed by atoms with Gasteiger partial charge in [0.15, 0.2) is 0 Å². The van der Waals surface area contributed by atoms with E-state index in [4.69, 9.17) is 0 Å². The smallest absolute Gasteiger partial charge is 0.0254 e. The maximum absolute atomic E-state index is 3.78. The molecule has 5 atom stereocenters. The van der Waals surface area contributed by atoms with E-state index in [1.807, 2.05) is 0 Å². The summed E-state index contributed by atoms with van der Waals surface area (Å²) in [6.45, 7) is 9.54. The average Bonchev–Trinajstić information content (AvgIpc) is 2.29. The van der Waals surface area contributed by atoms with Crippen molar-refractivity contribution in [2.75, 3.05) is 13.1 Å². The Bertz CT molecular complexity index is 217. The second-order valence-electron chi connectivity index (χ2n) is 5.96. The molecule has 1 aliphatic carbocycles. The predicted molar refractivity (Wildman–Crippen MR) is 69.5 cm³/mol. The van der Waals surface area contributed by atoms with Crippen molar-refractivity contribution in [1.29, 1.82) is 0 Å². The lowest BCUT2D eigenvalue weighted by molar-refractivity contribution is 0.0777. The van der Waals surface area contributed by atoms with Crippen molar-refractivity contribution in [3.63, 3.8) is 0 Å². The van der Waals surface area contributed by atoms with Crippen molar-refractivity contribution in [2.45, 2.75) is 58.5 Å². The Labute approximate surface area is 101 Å². The van der Waals surface area contributed by atoms with Gasteiger partial charge in [-0.2, -0.15) is 0 Å². The minimum Gasteiger partial charge on any atom is -0.312 e. The summed E-state index contributed by atoms with van der Waals surface area (Å²) in [4.78, 5) is 0. The van der Waals surface area contributed by atoms with Crippen molar-refractivity contribution in [3.05, 3.63) is 0 Å². The Morgan fingerprint density at radius 2 is 2.06 bits per heavy atom. The van der Waals surface area contributed by atoms with Gasteiger partial charge in [0.1, 0.15) is 0 Å². The summed E-state index contributed by atoms with van der Waals surface area (Å²) < 4.78 is 0. The molecule has 4 unspecified atom stereocenters. The third-order valence-corrected chi connectivity index (χ3v) is 4.66. The van der Waals surface area contributed by atoms with E-state index in [2.05, 4.69) is 31.4 Å². The van der Waals surface area contributed by atoms with Crippen LogP contribution in [0.4, 0.5) is 0 Å². The first kappa shape index (κ1) is 12.4. The zero-order valence-electron chi connectivity index (χ0n) is 11.1. The maximum atomic E-state index is 3.78. The minimum atomic E-state index is 0.710. The van der Waals surface area contributed by atoms with E-state index in [0.29, 0.717) is 6.04 Å². The maximum Gasteiger partial charge on any atom is 0.0254 e. The Morgan fingerprint density at radius 1 is 1.25 bits per heavy atom. The molecule has 16 heavy (non-hydrogen) atoms. The van der Waals surface area contributed by atoms with Crippen molar-refractivity contribution in [1.82, 2.24) is 10.6 Å². The second-order valence-corrected chi connectivity index (χ2v) is 5.96. The molecule has 0 aromatic carbocycles. The van der Waals surface area contributed by atoms with Crippen LogP contribution in [0.1, 0.15) is 46.5 Å². The van der Waals surface area contributed by atoms with Crippen molar-refractivity contribution < 1.29 is 0 Å². The molecule has 1 saturated heterocycles. The van der Waals surface area contributed by atoms with Gasteiger partial charge in [-0.05, 0) is 56.5 Å². The van der Waals surface area contributed by atoms with Crippen LogP contribution in [0, 0.1) is 17.8 Å². The zero-order valence-corrected chi connectivity index (χ0v) is 11.1. The van der Waals surface area contributed by atoms with Crippen molar-refractivity contribution in [3.8, 4) is 0 Å². The van der Waals surface area contributed by atoms with Gasteiger partial charge in [0.25, 0.3) is 0 Å². The molecule has 0 spiro atoms. The molecule has 1 saturated carbocycles. The molecule has 2 nitrogen and oxygen atoms in total. The lowest BCUT2D eigenvalue weighted by Crippen LogP contribution is -2.61. The molecule has 2 N–H and O–H groups in total. The molecule has 0 aromatic heterocycles. The normalized spacial score (nSPS) is 44.1. The molecular formula is C14H28N2. The van der Waals surface area contributed by atoms with E-state index in [1.165, 1.54) is 38.8 Å². The van der Waals surface area contributed by atoms with E-state index in [1.54, 1.807) is 0 Å². The third kappa shape index (κ3) is 2.43. The topological polar surface area (TPSA) is 24.1 Å². The fraction of sp³-hybridized carbons (Fsp3) is 1.00. The number of hydrogen-bond donors (Lipinski definition) is 2. The predicted octanol–water partition coefficient (Wildman–Crippen LogP) is 2.40. The van der Waals surface area contributed by atoms with Gasteiger partial charge in [-0.15, -0.1) is 0 Å². The molecular weight excluding hydrogens is 196 g/mol. The van der Waals surface area contributed by atoms with E-state index >= 15 is 0 Å². The van der Waals surface area contributed by atoms with Crippen LogP contribution in [0.3, 0.4) is 0 Å². The Balaban J connectivity index is 2.03. The first-order chi connectivity index (χ1) is 7.74. The summed E-state index contributed by atoms with van der Waals surface area (Å²) in [5, 5.41) is 7.56. The number of nitrogens with one attached hydrogen (secondary N) is 2. The molecule has 2 fully saturated rings. The minimum absolute atomic E-state index is 0.710. The van der Waals surface area contributed by atoms with Crippen LogP contribution in [0.25, 0.3) is 0 Å². The standard InChI is InChI=1S/C14H28N2/c1-4-7-15-13-11(3)9-10(2)12-6-5-8-16-14(12)13/h10-16H,4-9H2,1-3H3/t10?,11?,12-,13?,14?/m0/s1. The van der Waals surface area contributed by atoms with Crippen LogP contribution in [0.5, 0.6) is 0 Å². The van der Waals surface area contributed by atoms with Gasteiger partial charge in [-0.3, -0.25) is 0 Å². The van der Waals surface area contributed by atoms with Gasteiger partial charge in [-0.1, -0.05) is 20.8 Å². The molecule has 0 bridgehead atoms. The Morgan fingerprint density at radius 3 is 2.81 bits per heavy atom. The highest BCUT2D eigenvalue weighted by atomic mass is 15.0. The molecule has 1 aliphatic heterocycles. The van der Waals surface area contributed by atoms with Gasteiger partial charge in [-0.25, -0.2) is 0 Å². The van der Waals surface area contributed by atoms with Gasteiger partial charge in [0.05, 0.1) is 0 Å². The fourth-order valence-corrected chi connectivity index (χ4v) is 3.87. The highest BCUT2D eigenvalue weighted by Crippen LogP contribution is 2.38. The summed E-state index contributed by atoms with van der Waals surface area (Å²) in [5.41, 5.74) is 0. The molecule has 0 amide bonds. The lowest BCUT2D eigenvalue weighted by atomic mass is 9.66. The molecule has 94 valence electrons. The summed E-state index contributed by atoms with van der Waals surface area (Å²) in [5.74, 6) is 2.65. The van der Waals surface area contributed by atoms with Crippen LogP contribution in [-0.2, 0) is 0 Å². The van der Waals surface area contributed by atoms with E-state index in [0.717, 1.165) is 23.8 Å². The first-order valence-electron chi connectivity index (χ1n) is 7.20. The molecule has 2 aliphatic rings. The Kier molecular flexibility index (Phi) is 4.26. The SMILES string of the molecule is CCCNC1C(C)CC(C)[C@@H]2CCCNC12. The molecule has 0 radical (unpaired) electrons. The molecule has 1 heterocycles. The Hall–Kier alpha value is -0.0800. The van der Waals surface area contributed by atoms with Gasteiger partial charge >= 0.3 is 0 Å². The van der Waals surface area contributed by atoms with Crippen LogP contribution in [0.15, 0.2) is 0 Å². The van der Waals surface area contributed by atoms with Crippen LogP contribution < -0.4 is 10.6 Å². The summed E-state index contributed by atoms with van der Waals surface area (Å²) >= 11 is 0. The number of piperidine rings is 1. The number of rotatable bonds is 3. The number of hydrogen-bond acceptors (Lipinski definition) is 2. The van der Waals surface area contributed by atoms with Crippen molar-refractivity contribution >= 4 is 0 Å². The summed E-state index contributed by atoms with van der Waals surface area (Å²) in [7, 11) is 0. The molecule has 2 heteroatoms. The monoisotopic (exact) mass is 224 g/mol. The second kappa shape index (κ2) is 5.50. The quantitative estimate of drug-likeness (QED) is 0.769. The highest BCUT2D eigenvalue weighted by molar-refractivity contribution is 4.99. The zero-order chi connectivity index (χ0) is 11.5. The van der Waals surface area contributed by atoms with Gasteiger partial charge < -0.3 is 10.6 Å². The molecule has 2 rings (SSSR count). The van der Waals surface area contributed by atoms with Crippen LogP contribution in [0.2, 0.25) is 0 Å². The summed E-state index contributed by atoms with van der Waals surface area (Å²) in [6.07, 6.45) is 5.47. The molecule has 0 aromatic rings. The van der Waals surface area contributed by atoms with Crippen molar-refractivity contribution in [2.24, 2.45) is 17.8 Å². The van der Waals surface area contributed by atoms with Gasteiger partial charge in [0, 0.05) is 12.1 Å². The van der Waals surface area contributed by atoms with E-state index in [-0.39, 0.29) is 0 Å².